The summed E-state index contributed by atoms with van der Waals surface area (Å²) in [6, 6.07) is 24.5. The van der Waals surface area contributed by atoms with E-state index in [1.807, 2.05) is 61.5 Å². The maximum atomic E-state index is 13.7. The van der Waals surface area contributed by atoms with Gasteiger partial charge in [-0.15, -0.1) is 0 Å². The second-order valence-corrected chi connectivity index (χ2v) is 9.05. The molecule has 2 heterocycles. The molecule has 8 heteroatoms. The molecule has 176 valence electrons. The predicted molar refractivity (Wildman–Crippen MR) is 142 cm³/mol. The third kappa shape index (κ3) is 4.76. The Kier molecular flexibility index (Phi) is 6.49. The average molecular weight is 504 g/mol. The maximum Gasteiger partial charge on any atom is 0.255 e. The van der Waals surface area contributed by atoms with E-state index in [1.165, 1.54) is 0 Å². The summed E-state index contributed by atoms with van der Waals surface area (Å²) in [5.41, 5.74) is 4.75. The van der Waals surface area contributed by atoms with E-state index in [0.717, 1.165) is 28.3 Å². The van der Waals surface area contributed by atoms with Crippen molar-refractivity contribution in [2.24, 2.45) is 0 Å². The predicted octanol–water partition coefficient (Wildman–Crippen LogP) is 6.73. The van der Waals surface area contributed by atoms with Crippen molar-refractivity contribution in [3.05, 3.63) is 118 Å². The van der Waals surface area contributed by atoms with Crippen molar-refractivity contribution < 1.29 is 4.79 Å². The summed E-state index contributed by atoms with van der Waals surface area (Å²) in [5.74, 6) is 0.557. The molecule has 1 atom stereocenters. The number of hydrogen-bond acceptors (Lipinski definition) is 4. The Hall–Kier alpha value is -3.74. The van der Waals surface area contributed by atoms with Crippen LogP contribution in [0.2, 0.25) is 10.0 Å². The van der Waals surface area contributed by atoms with Crippen LogP contribution in [0.4, 0.5) is 17.2 Å². The van der Waals surface area contributed by atoms with Crippen LogP contribution in [0, 0.1) is 0 Å². The Balaban J connectivity index is 1.46. The first kappa shape index (κ1) is 23.0. The fourth-order valence-electron chi connectivity index (χ4n) is 4.22. The second kappa shape index (κ2) is 9.86. The zero-order valence-electron chi connectivity index (χ0n) is 18.9. The van der Waals surface area contributed by atoms with Gasteiger partial charge in [-0.25, -0.2) is 4.68 Å². The quantitative estimate of drug-likeness (QED) is 0.272. The molecular weight excluding hydrogens is 481 g/mol. The molecule has 1 aliphatic rings. The van der Waals surface area contributed by atoms with Gasteiger partial charge in [-0.3, -0.25) is 4.79 Å². The molecule has 4 aromatic rings. The zero-order chi connectivity index (χ0) is 24.4. The van der Waals surface area contributed by atoms with E-state index in [1.54, 1.807) is 23.0 Å². The highest BCUT2D eigenvalue weighted by molar-refractivity contribution is 6.42. The van der Waals surface area contributed by atoms with Gasteiger partial charge in [-0.1, -0.05) is 71.7 Å². The Morgan fingerprint density at radius 3 is 2.49 bits per heavy atom. The smallest absolute Gasteiger partial charge is 0.255 e. The number of carbonyl (C=O) groups excluding carboxylic acids is 1. The van der Waals surface area contributed by atoms with Crippen molar-refractivity contribution in [3.8, 4) is 0 Å². The monoisotopic (exact) mass is 503 g/mol. The summed E-state index contributed by atoms with van der Waals surface area (Å²) >= 11 is 12.5. The molecule has 1 aliphatic heterocycles. The SMILES string of the molecule is CC1=C(C(=O)Nc2ccccc2NCc2ccccc2)C(c2ccc(Cl)c(Cl)c2)n2nccc2N1. The van der Waals surface area contributed by atoms with E-state index < -0.39 is 6.04 Å². The van der Waals surface area contributed by atoms with Crippen molar-refractivity contribution in [2.75, 3.05) is 16.0 Å². The van der Waals surface area contributed by atoms with Gasteiger partial charge >= 0.3 is 0 Å². The summed E-state index contributed by atoms with van der Waals surface area (Å²) in [6.45, 7) is 2.52. The third-order valence-electron chi connectivity index (χ3n) is 5.91. The molecule has 0 saturated heterocycles. The number of allylic oxidation sites excluding steroid dienone is 1. The normalized spacial score (nSPS) is 14.8. The molecular formula is C27H23Cl2N5O. The molecule has 0 spiro atoms. The number of rotatable bonds is 6. The Labute approximate surface area is 213 Å². The summed E-state index contributed by atoms with van der Waals surface area (Å²) in [5, 5.41) is 15.2. The molecule has 0 radical (unpaired) electrons. The lowest BCUT2D eigenvalue weighted by molar-refractivity contribution is -0.113. The standard InChI is InChI=1S/C27H23Cl2N5O/c1-17-25(26(34-24(32-17)13-14-31-34)19-11-12-20(28)21(29)15-19)27(35)33-23-10-6-5-9-22(23)30-16-18-7-3-2-4-8-18/h2-15,26,30,32H,16H2,1H3,(H,33,35). The van der Waals surface area contributed by atoms with E-state index in [9.17, 15) is 4.79 Å². The molecule has 5 rings (SSSR count). The van der Waals surface area contributed by atoms with Crippen molar-refractivity contribution in [2.45, 2.75) is 19.5 Å². The van der Waals surface area contributed by atoms with Gasteiger partial charge in [0.25, 0.3) is 5.91 Å². The van der Waals surface area contributed by atoms with Crippen molar-refractivity contribution in [1.29, 1.82) is 0 Å². The lowest BCUT2D eigenvalue weighted by Crippen LogP contribution is -2.31. The largest absolute Gasteiger partial charge is 0.379 e. The van der Waals surface area contributed by atoms with E-state index in [4.69, 9.17) is 23.2 Å². The molecule has 6 nitrogen and oxygen atoms in total. The van der Waals surface area contributed by atoms with Gasteiger partial charge in [0, 0.05) is 18.3 Å². The summed E-state index contributed by atoms with van der Waals surface area (Å²) in [4.78, 5) is 13.7. The number of hydrogen-bond donors (Lipinski definition) is 3. The summed E-state index contributed by atoms with van der Waals surface area (Å²) < 4.78 is 1.78. The van der Waals surface area contributed by atoms with Crippen LogP contribution in [0.15, 0.2) is 96.3 Å². The Bertz CT molecular complexity index is 1410. The summed E-state index contributed by atoms with van der Waals surface area (Å²) in [7, 11) is 0. The van der Waals surface area contributed by atoms with E-state index in [2.05, 4.69) is 33.2 Å². The van der Waals surface area contributed by atoms with Gasteiger partial charge in [0.15, 0.2) is 0 Å². The number of aromatic nitrogens is 2. The lowest BCUT2D eigenvalue weighted by Gasteiger charge is -2.30. The number of carbonyl (C=O) groups is 1. The van der Waals surface area contributed by atoms with Gasteiger partial charge in [0.05, 0.1) is 33.2 Å². The number of amides is 1. The topological polar surface area (TPSA) is 71.0 Å². The van der Waals surface area contributed by atoms with Crippen LogP contribution in [-0.4, -0.2) is 15.7 Å². The minimum Gasteiger partial charge on any atom is -0.379 e. The van der Waals surface area contributed by atoms with Gasteiger partial charge < -0.3 is 16.0 Å². The van der Waals surface area contributed by atoms with Crippen LogP contribution in [0.5, 0.6) is 0 Å². The van der Waals surface area contributed by atoms with E-state index >= 15 is 0 Å². The Morgan fingerprint density at radius 2 is 1.71 bits per heavy atom. The van der Waals surface area contributed by atoms with Gasteiger partial charge in [0.2, 0.25) is 0 Å². The molecule has 0 fully saturated rings. The zero-order valence-corrected chi connectivity index (χ0v) is 20.4. The second-order valence-electron chi connectivity index (χ2n) is 8.24. The van der Waals surface area contributed by atoms with Crippen LogP contribution in [0.3, 0.4) is 0 Å². The van der Waals surface area contributed by atoms with Crippen molar-refractivity contribution in [1.82, 2.24) is 9.78 Å². The maximum absolute atomic E-state index is 13.7. The highest BCUT2D eigenvalue weighted by atomic mass is 35.5. The first-order valence-corrected chi connectivity index (χ1v) is 11.9. The van der Waals surface area contributed by atoms with E-state index in [-0.39, 0.29) is 5.91 Å². The number of nitrogens with zero attached hydrogens (tertiary/aromatic N) is 2. The van der Waals surface area contributed by atoms with Crippen LogP contribution >= 0.6 is 23.2 Å². The third-order valence-corrected chi connectivity index (χ3v) is 6.65. The molecule has 3 aromatic carbocycles. The number of benzene rings is 3. The minimum atomic E-state index is -0.472. The molecule has 1 amide bonds. The lowest BCUT2D eigenvalue weighted by atomic mass is 9.94. The number of halogens is 2. The fourth-order valence-corrected chi connectivity index (χ4v) is 4.53. The number of para-hydroxylation sites is 2. The van der Waals surface area contributed by atoms with Gasteiger partial charge in [0.1, 0.15) is 11.9 Å². The van der Waals surface area contributed by atoms with Crippen LogP contribution in [0.25, 0.3) is 0 Å². The van der Waals surface area contributed by atoms with Crippen LogP contribution in [0.1, 0.15) is 24.1 Å². The molecule has 0 saturated carbocycles. The van der Waals surface area contributed by atoms with E-state index in [0.29, 0.717) is 27.9 Å². The highest BCUT2D eigenvalue weighted by Gasteiger charge is 2.33. The van der Waals surface area contributed by atoms with Gasteiger partial charge in [-0.05, 0) is 42.3 Å². The fraction of sp³-hybridized carbons (Fsp3) is 0.111. The van der Waals surface area contributed by atoms with Gasteiger partial charge in [-0.2, -0.15) is 5.10 Å². The van der Waals surface area contributed by atoms with Crippen LogP contribution < -0.4 is 16.0 Å². The van der Waals surface area contributed by atoms with Crippen LogP contribution in [-0.2, 0) is 11.3 Å². The number of fused-ring (bicyclic) bond motifs is 1. The average Bonchev–Trinajstić information content (AvgIpc) is 3.33. The number of nitrogens with one attached hydrogen (secondary N) is 3. The molecule has 3 N–H and O–H groups in total. The van der Waals surface area contributed by atoms with Crippen molar-refractivity contribution >= 4 is 46.3 Å². The summed E-state index contributed by atoms with van der Waals surface area (Å²) in [6.07, 6.45) is 1.70. The Morgan fingerprint density at radius 1 is 0.971 bits per heavy atom. The molecule has 35 heavy (non-hydrogen) atoms. The van der Waals surface area contributed by atoms with Crippen molar-refractivity contribution in [3.63, 3.8) is 0 Å². The first-order chi connectivity index (χ1) is 17.0. The highest BCUT2D eigenvalue weighted by Crippen LogP contribution is 2.38. The molecule has 0 aliphatic carbocycles. The number of anilines is 3. The first-order valence-electron chi connectivity index (χ1n) is 11.2. The molecule has 1 unspecified atom stereocenters. The molecule has 1 aromatic heterocycles. The molecule has 0 bridgehead atoms. The minimum absolute atomic E-state index is 0.235.